The Morgan fingerprint density at radius 3 is 2.87 bits per heavy atom. The largest absolute Gasteiger partial charge is 0.494 e. The molecule has 1 saturated heterocycles. The van der Waals surface area contributed by atoms with Gasteiger partial charge in [0.25, 0.3) is 0 Å². The number of hydrogen-bond acceptors (Lipinski definition) is 2. The van der Waals surface area contributed by atoms with Crippen LogP contribution in [-0.4, -0.2) is 13.2 Å². The van der Waals surface area contributed by atoms with Crippen LogP contribution in [0.1, 0.15) is 31.9 Å². The van der Waals surface area contributed by atoms with Crippen LogP contribution in [0.25, 0.3) is 0 Å². The summed E-state index contributed by atoms with van der Waals surface area (Å²) in [5.74, 6) is 1.73. The summed E-state index contributed by atoms with van der Waals surface area (Å²) in [6.45, 7) is 6.18. The molecular formula is C13H19NO. The summed E-state index contributed by atoms with van der Waals surface area (Å²) in [5, 5.41) is 3.54. The van der Waals surface area contributed by atoms with Gasteiger partial charge in [-0.05, 0) is 31.9 Å². The topological polar surface area (TPSA) is 21.3 Å². The maximum Gasteiger partial charge on any atom is 0.124 e. The second-order valence-corrected chi connectivity index (χ2v) is 4.17. The predicted molar refractivity (Wildman–Crippen MR) is 62.1 cm³/mol. The highest BCUT2D eigenvalue weighted by atomic mass is 16.5. The quantitative estimate of drug-likeness (QED) is 0.819. The molecule has 1 aromatic carbocycles. The maximum absolute atomic E-state index is 5.66. The lowest BCUT2D eigenvalue weighted by atomic mass is 9.95. The van der Waals surface area contributed by atoms with Gasteiger partial charge in [0, 0.05) is 11.6 Å². The van der Waals surface area contributed by atoms with E-state index in [1.807, 2.05) is 13.0 Å². The molecule has 1 N–H and O–H groups in total. The van der Waals surface area contributed by atoms with Crippen LogP contribution in [-0.2, 0) is 0 Å². The third-order valence-corrected chi connectivity index (χ3v) is 3.09. The van der Waals surface area contributed by atoms with Crippen LogP contribution < -0.4 is 10.1 Å². The third-order valence-electron chi connectivity index (χ3n) is 3.09. The second kappa shape index (κ2) is 4.67. The van der Waals surface area contributed by atoms with Crippen molar-refractivity contribution in [2.24, 2.45) is 5.92 Å². The van der Waals surface area contributed by atoms with E-state index in [9.17, 15) is 0 Å². The molecule has 2 atom stereocenters. The Morgan fingerprint density at radius 1 is 1.40 bits per heavy atom. The Kier molecular flexibility index (Phi) is 3.27. The molecule has 15 heavy (non-hydrogen) atoms. The van der Waals surface area contributed by atoms with Crippen LogP contribution in [0.2, 0.25) is 0 Å². The van der Waals surface area contributed by atoms with Crippen molar-refractivity contribution in [3.05, 3.63) is 29.8 Å². The van der Waals surface area contributed by atoms with E-state index in [0.717, 1.165) is 18.9 Å². The molecule has 1 aliphatic rings. The molecular weight excluding hydrogens is 186 g/mol. The molecule has 1 aromatic rings. The fourth-order valence-electron chi connectivity index (χ4n) is 2.28. The molecule has 2 heteroatoms. The fraction of sp³-hybridized carbons (Fsp3) is 0.538. The Labute approximate surface area is 91.6 Å². The van der Waals surface area contributed by atoms with E-state index in [0.29, 0.717) is 12.0 Å². The predicted octanol–water partition coefficient (Wildman–Crippen LogP) is 2.76. The summed E-state index contributed by atoms with van der Waals surface area (Å²) in [6.07, 6.45) is 1.26. The molecule has 0 unspecified atom stereocenters. The summed E-state index contributed by atoms with van der Waals surface area (Å²) in [5.41, 5.74) is 1.31. The van der Waals surface area contributed by atoms with Crippen molar-refractivity contribution >= 4 is 0 Å². The van der Waals surface area contributed by atoms with E-state index < -0.39 is 0 Å². The number of ether oxygens (including phenoxy) is 1. The number of benzene rings is 1. The van der Waals surface area contributed by atoms with Crippen molar-refractivity contribution in [3.8, 4) is 5.75 Å². The van der Waals surface area contributed by atoms with Crippen LogP contribution in [0.3, 0.4) is 0 Å². The van der Waals surface area contributed by atoms with Gasteiger partial charge in [0.2, 0.25) is 0 Å². The average Bonchev–Trinajstić information content (AvgIpc) is 2.66. The summed E-state index contributed by atoms with van der Waals surface area (Å²) in [7, 11) is 0. The monoisotopic (exact) mass is 205 g/mol. The second-order valence-electron chi connectivity index (χ2n) is 4.17. The van der Waals surface area contributed by atoms with Crippen LogP contribution in [0, 0.1) is 5.92 Å². The van der Waals surface area contributed by atoms with Crippen LogP contribution >= 0.6 is 0 Å². The Balaban J connectivity index is 2.25. The minimum Gasteiger partial charge on any atom is -0.494 e. The molecule has 0 spiro atoms. The van der Waals surface area contributed by atoms with E-state index in [1.165, 1.54) is 12.0 Å². The van der Waals surface area contributed by atoms with Gasteiger partial charge < -0.3 is 10.1 Å². The minimum atomic E-state index is 0.466. The van der Waals surface area contributed by atoms with Crippen LogP contribution in [0.4, 0.5) is 0 Å². The van der Waals surface area contributed by atoms with E-state index in [2.05, 4.69) is 30.4 Å². The van der Waals surface area contributed by atoms with E-state index in [4.69, 9.17) is 4.74 Å². The van der Waals surface area contributed by atoms with E-state index in [-0.39, 0.29) is 0 Å². The van der Waals surface area contributed by atoms with Gasteiger partial charge in [-0.15, -0.1) is 0 Å². The molecule has 1 heterocycles. The number of nitrogens with one attached hydrogen (secondary N) is 1. The normalized spacial score (nSPS) is 25.5. The van der Waals surface area contributed by atoms with Crippen molar-refractivity contribution in [2.45, 2.75) is 26.3 Å². The average molecular weight is 205 g/mol. The van der Waals surface area contributed by atoms with Crippen molar-refractivity contribution < 1.29 is 4.74 Å². The fourth-order valence-corrected chi connectivity index (χ4v) is 2.28. The Hall–Kier alpha value is -1.02. The van der Waals surface area contributed by atoms with Crippen molar-refractivity contribution in [3.63, 3.8) is 0 Å². The minimum absolute atomic E-state index is 0.466. The zero-order chi connectivity index (χ0) is 10.7. The summed E-state index contributed by atoms with van der Waals surface area (Å²) in [6, 6.07) is 8.82. The molecule has 0 amide bonds. The molecule has 2 nitrogen and oxygen atoms in total. The molecule has 82 valence electrons. The first kappa shape index (κ1) is 10.5. The van der Waals surface area contributed by atoms with Crippen LogP contribution in [0.5, 0.6) is 5.75 Å². The van der Waals surface area contributed by atoms with Gasteiger partial charge in [-0.1, -0.05) is 25.1 Å². The highest BCUT2D eigenvalue weighted by molar-refractivity contribution is 5.36. The van der Waals surface area contributed by atoms with E-state index in [1.54, 1.807) is 0 Å². The number of rotatable bonds is 3. The first-order valence-electron chi connectivity index (χ1n) is 5.78. The zero-order valence-corrected chi connectivity index (χ0v) is 9.49. The lowest BCUT2D eigenvalue weighted by Gasteiger charge is -2.19. The maximum atomic E-state index is 5.66. The SMILES string of the molecule is CCOc1ccccc1[C@H]1NCC[C@H]1C. The number of hydrogen-bond donors (Lipinski definition) is 1. The number of para-hydroxylation sites is 1. The summed E-state index contributed by atoms with van der Waals surface area (Å²) in [4.78, 5) is 0. The van der Waals surface area contributed by atoms with Crippen molar-refractivity contribution in [2.75, 3.05) is 13.2 Å². The first-order valence-corrected chi connectivity index (χ1v) is 5.78. The van der Waals surface area contributed by atoms with Crippen molar-refractivity contribution in [1.29, 1.82) is 0 Å². The van der Waals surface area contributed by atoms with Gasteiger partial charge in [-0.3, -0.25) is 0 Å². The molecule has 1 fully saturated rings. The smallest absolute Gasteiger partial charge is 0.124 e. The van der Waals surface area contributed by atoms with Crippen molar-refractivity contribution in [1.82, 2.24) is 5.32 Å². The third kappa shape index (κ3) is 2.15. The Morgan fingerprint density at radius 2 is 2.20 bits per heavy atom. The van der Waals surface area contributed by atoms with Gasteiger partial charge in [-0.2, -0.15) is 0 Å². The summed E-state index contributed by atoms with van der Waals surface area (Å²) < 4.78 is 5.66. The lowest BCUT2D eigenvalue weighted by molar-refractivity contribution is 0.329. The van der Waals surface area contributed by atoms with Crippen LogP contribution in [0.15, 0.2) is 24.3 Å². The van der Waals surface area contributed by atoms with Gasteiger partial charge in [0.05, 0.1) is 6.61 Å². The highest BCUT2D eigenvalue weighted by Gasteiger charge is 2.26. The summed E-state index contributed by atoms with van der Waals surface area (Å²) >= 11 is 0. The molecule has 1 aliphatic heterocycles. The Bertz CT molecular complexity index is 324. The molecule has 0 bridgehead atoms. The molecule has 2 rings (SSSR count). The zero-order valence-electron chi connectivity index (χ0n) is 9.49. The van der Waals surface area contributed by atoms with Gasteiger partial charge in [0.1, 0.15) is 5.75 Å². The van der Waals surface area contributed by atoms with E-state index >= 15 is 0 Å². The lowest BCUT2D eigenvalue weighted by Crippen LogP contribution is -2.17. The van der Waals surface area contributed by atoms with Gasteiger partial charge in [0.15, 0.2) is 0 Å². The molecule has 0 saturated carbocycles. The molecule has 0 radical (unpaired) electrons. The first-order chi connectivity index (χ1) is 7.33. The highest BCUT2D eigenvalue weighted by Crippen LogP contribution is 2.34. The molecule has 0 aliphatic carbocycles. The van der Waals surface area contributed by atoms with Gasteiger partial charge >= 0.3 is 0 Å². The standard InChI is InChI=1S/C13H19NO/c1-3-15-12-7-5-4-6-11(12)13-10(2)8-9-14-13/h4-7,10,13-14H,3,8-9H2,1-2H3/t10-,13+/m1/s1. The molecule has 0 aromatic heterocycles. The van der Waals surface area contributed by atoms with Gasteiger partial charge in [-0.25, -0.2) is 0 Å².